The number of fused-ring (bicyclic) bond motifs is 1. The molecule has 0 fully saturated rings. The van der Waals surface area contributed by atoms with Crippen molar-refractivity contribution in [2.75, 3.05) is 0 Å². The van der Waals surface area contributed by atoms with Crippen molar-refractivity contribution in [3.05, 3.63) is 96.0 Å². The molecule has 140 valence electrons. The standard InChI is InChI=1S/C21H17FN4O2/c22-18-7-2-1-5-16(18)14-28-17-6-3-4-15(10-17)11-24-21(27)19-13-26-9-8-23-12-20(26)25-19/h1-10,12-13H,11,14H2,(H,24,27). The van der Waals surface area contributed by atoms with E-state index in [1.54, 1.807) is 53.5 Å². The number of benzene rings is 2. The van der Waals surface area contributed by atoms with Crippen LogP contribution in [0.3, 0.4) is 0 Å². The lowest BCUT2D eigenvalue weighted by molar-refractivity contribution is 0.0946. The molecule has 0 unspecified atom stereocenters. The number of hydrogen-bond donors (Lipinski definition) is 1. The molecule has 0 aliphatic heterocycles. The number of amides is 1. The van der Waals surface area contributed by atoms with Gasteiger partial charge in [0.05, 0.1) is 6.20 Å². The Kier molecular flexibility index (Phi) is 4.97. The van der Waals surface area contributed by atoms with Gasteiger partial charge in [-0.15, -0.1) is 0 Å². The minimum absolute atomic E-state index is 0.137. The maximum atomic E-state index is 13.7. The topological polar surface area (TPSA) is 68.5 Å². The minimum atomic E-state index is -0.298. The average Bonchev–Trinajstić information content (AvgIpc) is 3.16. The summed E-state index contributed by atoms with van der Waals surface area (Å²) in [4.78, 5) is 20.6. The highest BCUT2D eigenvalue weighted by Crippen LogP contribution is 2.16. The number of nitrogens with zero attached hydrogens (tertiary/aromatic N) is 3. The number of imidazole rings is 1. The van der Waals surface area contributed by atoms with Gasteiger partial charge in [0.1, 0.15) is 23.9 Å². The van der Waals surface area contributed by atoms with Crippen molar-refractivity contribution in [3.8, 4) is 5.75 Å². The van der Waals surface area contributed by atoms with E-state index >= 15 is 0 Å². The van der Waals surface area contributed by atoms with Gasteiger partial charge < -0.3 is 14.5 Å². The fourth-order valence-corrected chi connectivity index (χ4v) is 2.75. The van der Waals surface area contributed by atoms with Gasteiger partial charge in [-0.25, -0.2) is 9.37 Å². The SMILES string of the molecule is O=C(NCc1cccc(OCc2ccccc2F)c1)c1cn2ccncc2n1. The molecule has 0 saturated heterocycles. The van der Waals surface area contributed by atoms with E-state index in [4.69, 9.17) is 4.74 Å². The normalized spacial score (nSPS) is 10.8. The number of ether oxygens (including phenoxy) is 1. The molecule has 6 nitrogen and oxygen atoms in total. The summed E-state index contributed by atoms with van der Waals surface area (Å²) in [6.45, 7) is 0.458. The second-order valence-electron chi connectivity index (χ2n) is 6.18. The molecule has 0 bridgehead atoms. The number of carbonyl (C=O) groups is 1. The fourth-order valence-electron chi connectivity index (χ4n) is 2.75. The van der Waals surface area contributed by atoms with E-state index in [9.17, 15) is 9.18 Å². The molecule has 0 aliphatic carbocycles. The maximum Gasteiger partial charge on any atom is 0.271 e. The van der Waals surface area contributed by atoms with E-state index in [1.807, 2.05) is 18.2 Å². The van der Waals surface area contributed by atoms with Crippen LogP contribution < -0.4 is 10.1 Å². The Morgan fingerprint density at radius 2 is 2.07 bits per heavy atom. The Bertz CT molecular complexity index is 1090. The lowest BCUT2D eigenvalue weighted by atomic mass is 10.2. The van der Waals surface area contributed by atoms with E-state index in [1.165, 1.54) is 6.07 Å². The van der Waals surface area contributed by atoms with Crippen molar-refractivity contribution in [3.63, 3.8) is 0 Å². The van der Waals surface area contributed by atoms with Crippen LogP contribution in [0.25, 0.3) is 5.65 Å². The van der Waals surface area contributed by atoms with Crippen LogP contribution in [0, 0.1) is 5.82 Å². The molecule has 2 aromatic carbocycles. The minimum Gasteiger partial charge on any atom is -0.489 e. The van der Waals surface area contributed by atoms with Crippen LogP contribution >= 0.6 is 0 Å². The number of carbonyl (C=O) groups excluding carboxylic acids is 1. The number of rotatable bonds is 6. The monoisotopic (exact) mass is 376 g/mol. The van der Waals surface area contributed by atoms with Crippen LogP contribution in [0.5, 0.6) is 5.75 Å². The molecule has 28 heavy (non-hydrogen) atoms. The highest BCUT2D eigenvalue weighted by molar-refractivity contribution is 5.92. The molecule has 4 aromatic rings. The highest BCUT2D eigenvalue weighted by atomic mass is 19.1. The van der Waals surface area contributed by atoms with Gasteiger partial charge in [0.25, 0.3) is 5.91 Å². The van der Waals surface area contributed by atoms with Crippen molar-refractivity contribution in [1.29, 1.82) is 0 Å². The number of nitrogens with one attached hydrogen (secondary N) is 1. The summed E-state index contributed by atoms with van der Waals surface area (Å²) in [5.74, 6) is 0.0313. The van der Waals surface area contributed by atoms with E-state index in [-0.39, 0.29) is 18.3 Å². The zero-order chi connectivity index (χ0) is 19.3. The van der Waals surface area contributed by atoms with Crippen LogP contribution in [-0.4, -0.2) is 20.3 Å². The second kappa shape index (κ2) is 7.87. The van der Waals surface area contributed by atoms with Gasteiger partial charge in [0.15, 0.2) is 5.65 Å². The smallest absolute Gasteiger partial charge is 0.271 e. The summed E-state index contributed by atoms with van der Waals surface area (Å²) in [5.41, 5.74) is 2.28. The molecule has 0 radical (unpaired) electrons. The lowest BCUT2D eigenvalue weighted by Gasteiger charge is -2.09. The number of halogens is 1. The first-order valence-electron chi connectivity index (χ1n) is 8.71. The fraction of sp³-hybridized carbons (Fsp3) is 0.0952. The third-order valence-corrected chi connectivity index (χ3v) is 4.20. The van der Waals surface area contributed by atoms with Crippen molar-refractivity contribution >= 4 is 11.6 Å². The molecule has 0 atom stereocenters. The zero-order valence-corrected chi connectivity index (χ0v) is 14.9. The Hall–Kier alpha value is -3.74. The third-order valence-electron chi connectivity index (χ3n) is 4.20. The van der Waals surface area contributed by atoms with Gasteiger partial charge in [0.2, 0.25) is 0 Å². The van der Waals surface area contributed by atoms with E-state index in [0.717, 1.165) is 5.56 Å². The summed E-state index contributed by atoms with van der Waals surface area (Å²) < 4.78 is 21.1. The molecule has 2 heterocycles. The largest absolute Gasteiger partial charge is 0.489 e. The van der Waals surface area contributed by atoms with Gasteiger partial charge in [-0.05, 0) is 23.8 Å². The molecule has 1 N–H and O–H groups in total. The van der Waals surface area contributed by atoms with Crippen LogP contribution in [0.15, 0.2) is 73.3 Å². The van der Waals surface area contributed by atoms with Crippen LogP contribution in [0.2, 0.25) is 0 Å². The first-order valence-corrected chi connectivity index (χ1v) is 8.71. The number of aromatic nitrogens is 3. The molecular weight excluding hydrogens is 359 g/mol. The Morgan fingerprint density at radius 3 is 2.93 bits per heavy atom. The summed E-state index contributed by atoms with van der Waals surface area (Å²) in [6, 6.07) is 13.8. The maximum absolute atomic E-state index is 13.7. The van der Waals surface area contributed by atoms with Crippen molar-refractivity contribution in [2.24, 2.45) is 0 Å². The highest BCUT2D eigenvalue weighted by Gasteiger charge is 2.10. The summed E-state index contributed by atoms with van der Waals surface area (Å²) in [5, 5.41) is 2.84. The van der Waals surface area contributed by atoms with Crippen molar-refractivity contribution in [2.45, 2.75) is 13.2 Å². The lowest BCUT2D eigenvalue weighted by Crippen LogP contribution is -2.23. The van der Waals surface area contributed by atoms with Gasteiger partial charge in [0, 0.05) is 30.7 Å². The predicted molar refractivity (Wildman–Crippen MR) is 101 cm³/mol. The average molecular weight is 376 g/mol. The summed E-state index contributed by atoms with van der Waals surface area (Å²) in [6.07, 6.45) is 6.60. The third kappa shape index (κ3) is 3.98. The van der Waals surface area contributed by atoms with Gasteiger partial charge in [-0.3, -0.25) is 9.78 Å². The number of hydrogen-bond acceptors (Lipinski definition) is 4. The molecule has 1 amide bonds. The van der Waals surface area contributed by atoms with Gasteiger partial charge >= 0.3 is 0 Å². The van der Waals surface area contributed by atoms with E-state index in [2.05, 4.69) is 15.3 Å². The van der Waals surface area contributed by atoms with E-state index < -0.39 is 0 Å². The first kappa shape index (κ1) is 17.7. The molecule has 4 rings (SSSR count). The Balaban J connectivity index is 1.38. The van der Waals surface area contributed by atoms with Crippen LogP contribution in [0.4, 0.5) is 4.39 Å². The molecule has 0 saturated carbocycles. The molecule has 0 aliphatic rings. The van der Waals surface area contributed by atoms with Crippen molar-refractivity contribution < 1.29 is 13.9 Å². The van der Waals surface area contributed by atoms with Crippen molar-refractivity contribution in [1.82, 2.24) is 19.7 Å². The Labute approximate surface area is 160 Å². The van der Waals surface area contributed by atoms with E-state index in [0.29, 0.717) is 29.2 Å². The van der Waals surface area contributed by atoms with Gasteiger partial charge in [-0.1, -0.05) is 30.3 Å². The zero-order valence-electron chi connectivity index (χ0n) is 14.9. The second-order valence-corrected chi connectivity index (χ2v) is 6.18. The predicted octanol–water partition coefficient (Wildman–Crippen LogP) is 3.38. The first-order chi connectivity index (χ1) is 13.7. The molecule has 7 heteroatoms. The quantitative estimate of drug-likeness (QED) is 0.560. The van der Waals surface area contributed by atoms with Crippen LogP contribution in [0.1, 0.15) is 21.6 Å². The molecule has 2 aromatic heterocycles. The Morgan fingerprint density at radius 1 is 1.18 bits per heavy atom. The summed E-state index contributed by atoms with van der Waals surface area (Å²) >= 11 is 0. The summed E-state index contributed by atoms with van der Waals surface area (Å²) in [7, 11) is 0. The van der Waals surface area contributed by atoms with Gasteiger partial charge in [-0.2, -0.15) is 0 Å². The van der Waals surface area contributed by atoms with Crippen LogP contribution in [-0.2, 0) is 13.2 Å². The molecular formula is C21H17FN4O2. The molecule has 0 spiro atoms.